The Bertz CT molecular complexity index is 829. The van der Waals surface area contributed by atoms with Crippen molar-refractivity contribution in [3.63, 3.8) is 0 Å². The molecule has 2 amide bonds. The number of nitrogens with one attached hydrogen (secondary N) is 1. The molecule has 3 rings (SSSR count). The molecule has 0 fully saturated rings. The van der Waals surface area contributed by atoms with Crippen LogP contribution < -0.4 is 5.32 Å². The van der Waals surface area contributed by atoms with E-state index in [1.807, 2.05) is 47.8 Å². The second-order valence-corrected chi connectivity index (χ2v) is 6.91. The summed E-state index contributed by atoms with van der Waals surface area (Å²) in [4.78, 5) is 27.6. The third kappa shape index (κ3) is 4.61. The number of hydrogen-bond donors (Lipinski definition) is 1. The summed E-state index contributed by atoms with van der Waals surface area (Å²) in [6, 6.07) is 16.2. The van der Waals surface area contributed by atoms with Gasteiger partial charge in [0.15, 0.2) is 0 Å². The molecule has 0 saturated carbocycles. The fourth-order valence-corrected chi connectivity index (χ4v) is 3.29. The Kier molecular flexibility index (Phi) is 5.86. The summed E-state index contributed by atoms with van der Waals surface area (Å²) in [7, 11) is 1.71. The van der Waals surface area contributed by atoms with E-state index < -0.39 is 6.04 Å². The molecule has 0 saturated heterocycles. The number of benzene rings is 1. The molecule has 0 aliphatic heterocycles. The Morgan fingerprint density at radius 1 is 1.12 bits per heavy atom. The predicted octanol–water partition coefficient (Wildman–Crippen LogP) is 3.34. The molecule has 0 aliphatic rings. The van der Waals surface area contributed by atoms with E-state index in [4.69, 9.17) is 4.42 Å². The van der Waals surface area contributed by atoms with Crippen LogP contribution in [0.25, 0.3) is 0 Å². The van der Waals surface area contributed by atoms with Crippen molar-refractivity contribution in [1.82, 2.24) is 10.2 Å². The van der Waals surface area contributed by atoms with E-state index in [9.17, 15) is 9.59 Å². The zero-order chi connectivity index (χ0) is 18.4. The Morgan fingerprint density at radius 3 is 2.58 bits per heavy atom. The van der Waals surface area contributed by atoms with Crippen LogP contribution in [0.1, 0.15) is 21.0 Å². The highest BCUT2D eigenvalue weighted by Gasteiger charge is 2.25. The minimum absolute atomic E-state index is 0.157. The van der Waals surface area contributed by atoms with E-state index in [1.54, 1.807) is 30.3 Å². The second kappa shape index (κ2) is 8.49. The fraction of sp³-hybridized carbons (Fsp3) is 0.200. The van der Waals surface area contributed by atoms with E-state index in [0.29, 0.717) is 23.6 Å². The van der Waals surface area contributed by atoms with Crippen LogP contribution in [0.4, 0.5) is 0 Å². The summed E-state index contributed by atoms with van der Waals surface area (Å²) in [6.45, 7) is 0.353. The van der Waals surface area contributed by atoms with Gasteiger partial charge in [-0.3, -0.25) is 9.59 Å². The average molecular weight is 368 g/mol. The van der Waals surface area contributed by atoms with Gasteiger partial charge in [-0.25, -0.2) is 0 Å². The molecule has 1 N–H and O–H groups in total. The Morgan fingerprint density at radius 2 is 1.92 bits per heavy atom. The van der Waals surface area contributed by atoms with Crippen LogP contribution in [-0.2, 0) is 17.8 Å². The SMILES string of the molecule is CN(Cc1ccco1)C(=O)C(Cc1ccccc1)NC(=O)c1cccs1. The van der Waals surface area contributed by atoms with E-state index in [0.717, 1.165) is 5.56 Å². The topological polar surface area (TPSA) is 62.6 Å². The van der Waals surface area contributed by atoms with Gasteiger partial charge in [-0.15, -0.1) is 11.3 Å². The fourth-order valence-electron chi connectivity index (χ4n) is 2.67. The third-order valence-corrected chi connectivity index (χ3v) is 4.85. The molecule has 6 heteroatoms. The van der Waals surface area contributed by atoms with Crippen molar-refractivity contribution in [3.8, 4) is 0 Å². The van der Waals surface area contributed by atoms with Gasteiger partial charge >= 0.3 is 0 Å². The van der Waals surface area contributed by atoms with Gasteiger partial charge < -0.3 is 14.6 Å². The lowest BCUT2D eigenvalue weighted by Crippen LogP contribution is -2.48. The number of hydrogen-bond acceptors (Lipinski definition) is 4. The Labute approximate surface area is 156 Å². The first-order valence-corrected chi connectivity index (χ1v) is 9.17. The maximum absolute atomic E-state index is 13.0. The minimum Gasteiger partial charge on any atom is -0.467 e. The van der Waals surface area contributed by atoms with E-state index in [2.05, 4.69) is 5.32 Å². The highest BCUT2D eigenvalue weighted by Crippen LogP contribution is 2.12. The van der Waals surface area contributed by atoms with Crippen LogP contribution in [0.15, 0.2) is 70.7 Å². The maximum Gasteiger partial charge on any atom is 0.262 e. The lowest BCUT2D eigenvalue weighted by atomic mass is 10.0. The predicted molar refractivity (Wildman–Crippen MR) is 101 cm³/mol. The molecule has 3 aromatic rings. The summed E-state index contributed by atoms with van der Waals surface area (Å²) in [5.41, 5.74) is 0.990. The van der Waals surface area contributed by atoms with E-state index in [-0.39, 0.29) is 11.8 Å². The minimum atomic E-state index is -0.646. The molecule has 5 nitrogen and oxygen atoms in total. The number of furan rings is 1. The molecule has 134 valence electrons. The number of carbonyl (C=O) groups is 2. The smallest absolute Gasteiger partial charge is 0.262 e. The monoisotopic (exact) mass is 368 g/mol. The van der Waals surface area contributed by atoms with Gasteiger partial charge in [0.1, 0.15) is 11.8 Å². The van der Waals surface area contributed by atoms with Crippen LogP contribution in [0.5, 0.6) is 0 Å². The van der Waals surface area contributed by atoms with Crippen LogP contribution >= 0.6 is 11.3 Å². The molecular formula is C20H20N2O3S. The summed E-state index contributed by atoms with van der Waals surface area (Å²) < 4.78 is 5.31. The molecule has 26 heavy (non-hydrogen) atoms. The quantitative estimate of drug-likeness (QED) is 0.696. The van der Waals surface area contributed by atoms with Gasteiger partial charge in [0, 0.05) is 13.5 Å². The summed E-state index contributed by atoms with van der Waals surface area (Å²) in [5.74, 6) is 0.305. The van der Waals surface area contributed by atoms with Crippen molar-refractivity contribution >= 4 is 23.2 Å². The molecule has 0 bridgehead atoms. The van der Waals surface area contributed by atoms with Crippen molar-refractivity contribution in [1.29, 1.82) is 0 Å². The van der Waals surface area contributed by atoms with E-state index in [1.165, 1.54) is 11.3 Å². The molecule has 1 unspecified atom stereocenters. The molecule has 0 radical (unpaired) electrons. The number of amides is 2. The first-order valence-electron chi connectivity index (χ1n) is 8.29. The zero-order valence-electron chi connectivity index (χ0n) is 14.4. The Balaban J connectivity index is 1.74. The third-order valence-electron chi connectivity index (χ3n) is 3.98. The normalized spacial score (nSPS) is 11.7. The maximum atomic E-state index is 13.0. The molecular weight excluding hydrogens is 348 g/mol. The number of nitrogens with zero attached hydrogens (tertiary/aromatic N) is 1. The summed E-state index contributed by atoms with van der Waals surface area (Å²) >= 11 is 1.35. The highest BCUT2D eigenvalue weighted by molar-refractivity contribution is 7.12. The van der Waals surface area contributed by atoms with Gasteiger partial charge in [-0.2, -0.15) is 0 Å². The molecule has 0 spiro atoms. The van der Waals surface area contributed by atoms with Gasteiger partial charge in [-0.1, -0.05) is 36.4 Å². The zero-order valence-corrected chi connectivity index (χ0v) is 15.2. The molecule has 2 heterocycles. The van der Waals surface area contributed by atoms with Crippen LogP contribution in [0.2, 0.25) is 0 Å². The highest BCUT2D eigenvalue weighted by atomic mass is 32.1. The van der Waals surface area contributed by atoms with Gasteiger partial charge in [-0.05, 0) is 29.1 Å². The number of thiophene rings is 1. The van der Waals surface area contributed by atoms with Gasteiger partial charge in [0.05, 0.1) is 17.7 Å². The van der Waals surface area contributed by atoms with Crippen molar-refractivity contribution in [3.05, 3.63) is 82.4 Å². The number of likely N-dealkylation sites (N-methyl/N-ethyl adjacent to an activating group) is 1. The first kappa shape index (κ1) is 17.9. The van der Waals surface area contributed by atoms with Crippen molar-refractivity contribution in [2.24, 2.45) is 0 Å². The van der Waals surface area contributed by atoms with E-state index >= 15 is 0 Å². The number of rotatable bonds is 7. The second-order valence-electron chi connectivity index (χ2n) is 5.97. The molecule has 0 aliphatic carbocycles. The first-order chi connectivity index (χ1) is 12.6. The summed E-state index contributed by atoms with van der Waals surface area (Å²) in [5, 5.41) is 4.72. The molecule has 1 aromatic carbocycles. The Hall–Kier alpha value is -2.86. The molecule has 1 atom stereocenters. The van der Waals surface area contributed by atoms with Crippen molar-refractivity contribution < 1.29 is 14.0 Å². The lowest BCUT2D eigenvalue weighted by Gasteiger charge is -2.24. The summed E-state index contributed by atoms with van der Waals surface area (Å²) in [6.07, 6.45) is 2.01. The standard InChI is InChI=1S/C20H20N2O3S/c1-22(14-16-9-5-11-25-16)20(24)17(13-15-7-3-2-4-8-15)21-19(23)18-10-6-12-26-18/h2-12,17H,13-14H2,1H3,(H,21,23). The van der Waals surface area contributed by atoms with Gasteiger partial charge in [0.2, 0.25) is 5.91 Å². The number of carbonyl (C=O) groups excluding carboxylic acids is 2. The van der Waals surface area contributed by atoms with Crippen molar-refractivity contribution in [2.45, 2.75) is 19.0 Å². The van der Waals surface area contributed by atoms with Crippen LogP contribution in [0, 0.1) is 0 Å². The largest absolute Gasteiger partial charge is 0.467 e. The van der Waals surface area contributed by atoms with Crippen molar-refractivity contribution in [2.75, 3.05) is 7.05 Å². The lowest BCUT2D eigenvalue weighted by molar-refractivity contribution is -0.132. The van der Waals surface area contributed by atoms with Crippen LogP contribution in [-0.4, -0.2) is 29.8 Å². The molecule has 2 aromatic heterocycles. The van der Waals surface area contributed by atoms with Crippen LogP contribution in [0.3, 0.4) is 0 Å². The average Bonchev–Trinajstić information content (AvgIpc) is 3.35. The van der Waals surface area contributed by atoms with Gasteiger partial charge in [0.25, 0.3) is 5.91 Å².